The lowest BCUT2D eigenvalue weighted by Crippen LogP contribution is -2.52. The number of likely N-dealkylation sites (N-methyl/N-ethyl adjacent to an activating group) is 1. The van der Waals surface area contributed by atoms with Gasteiger partial charge in [-0.3, -0.25) is 0 Å². The quantitative estimate of drug-likeness (QED) is 0.818. The van der Waals surface area contributed by atoms with Crippen LogP contribution in [-0.4, -0.2) is 30.7 Å². The van der Waals surface area contributed by atoms with Crippen molar-refractivity contribution in [2.75, 3.05) is 20.1 Å². The molecule has 5 heteroatoms. The summed E-state index contributed by atoms with van der Waals surface area (Å²) in [4.78, 5) is 2.13. The molecule has 136 valence electrons. The second-order valence-corrected chi connectivity index (χ2v) is 7.84. The Kier molecular flexibility index (Phi) is 4.88. The minimum absolute atomic E-state index is 0.0833. The summed E-state index contributed by atoms with van der Waals surface area (Å²) >= 11 is 0. The van der Waals surface area contributed by atoms with Crippen LogP contribution >= 0.6 is 0 Å². The maximum atomic E-state index is 10.0. The third kappa shape index (κ3) is 2.84. The minimum Gasteiger partial charge on any atom is -0.305 e. The molecule has 1 aromatic carbocycles. The van der Waals surface area contributed by atoms with Crippen LogP contribution in [0.4, 0.5) is 0 Å². The van der Waals surface area contributed by atoms with E-state index in [1.807, 2.05) is 37.4 Å². The van der Waals surface area contributed by atoms with Crippen LogP contribution in [0.15, 0.2) is 35.9 Å². The van der Waals surface area contributed by atoms with Gasteiger partial charge in [-0.15, -0.1) is 0 Å². The number of benzene rings is 1. The summed E-state index contributed by atoms with van der Waals surface area (Å²) in [6, 6.07) is 14.5. The van der Waals surface area contributed by atoms with Gasteiger partial charge in [0.1, 0.15) is 5.92 Å². The minimum atomic E-state index is -1.63. The first-order valence-corrected chi connectivity index (χ1v) is 9.19. The molecule has 0 radical (unpaired) electrons. The lowest BCUT2D eigenvalue weighted by Gasteiger charge is -2.47. The molecule has 3 rings (SSSR count). The SMILES string of the molecule is CC(C)c1ccc([C@@H]2[C@@H]3CN(C)CC=C3[C@H](C#N)C(=N)C2(C#N)C#N)cc1. The van der Waals surface area contributed by atoms with Crippen LogP contribution in [0.25, 0.3) is 0 Å². The Morgan fingerprint density at radius 3 is 2.30 bits per heavy atom. The average Bonchev–Trinajstić information content (AvgIpc) is 2.67. The molecule has 1 N–H and O–H groups in total. The van der Waals surface area contributed by atoms with E-state index in [1.165, 1.54) is 5.56 Å². The standard InChI is InChI=1S/C22H23N5/c1-14(2)15-4-6-16(7-5-15)20-19-11-27(3)9-8-17(19)18(10-23)21(26)22(20,12-24)13-25/h4-8,14,18-20,26H,9,11H2,1-3H3/t18-,19+,20+/m0/s1. The van der Waals surface area contributed by atoms with Crippen molar-refractivity contribution in [1.29, 1.82) is 21.2 Å². The van der Waals surface area contributed by atoms with E-state index in [4.69, 9.17) is 5.41 Å². The zero-order valence-electron chi connectivity index (χ0n) is 15.9. The maximum absolute atomic E-state index is 10.0. The summed E-state index contributed by atoms with van der Waals surface area (Å²) in [5.74, 6) is -1.000. The zero-order valence-corrected chi connectivity index (χ0v) is 15.9. The zero-order chi connectivity index (χ0) is 19.8. The van der Waals surface area contributed by atoms with E-state index in [2.05, 4.69) is 37.0 Å². The molecule has 5 nitrogen and oxygen atoms in total. The Morgan fingerprint density at radius 2 is 1.78 bits per heavy atom. The van der Waals surface area contributed by atoms with Crippen LogP contribution < -0.4 is 0 Å². The predicted molar refractivity (Wildman–Crippen MR) is 103 cm³/mol. The van der Waals surface area contributed by atoms with Gasteiger partial charge in [0.15, 0.2) is 5.41 Å². The molecule has 1 aliphatic carbocycles. The first-order chi connectivity index (χ1) is 12.9. The second-order valence-electron chi connectivity index (χ2n) is 7.84. The van der Waals surface area contributed by atoms with Crippen molar-refractivity contribution in [3.8, 4) is 18.2 Å². The van der Waals surface area contributed by atoms with Gasteiger partial charge in [0.25, 0.3) is 0 Å². The van der Waals surface area contributed by atoms with Gasteiger partial charge in [-0.1, -0.05) is 44.2 Å². The fourth-order valence-electron chi connectivity index (χ4n) is 4.42. The Hall–Kier alpha value is -2.94. The van der Waals surface area contributed by atoms with Crippen LogP contribution in [0, 0.1) is 56.7 Å². The summed E-state index contributed by atoms with van der Waals surface area (Å²) < 4.78 is 0. The van der Waals surface area contributed by atoms with Gasteiger partial charge < -0.3 is 10.3 Å². The van der Waals surface area contributed by atoms with Gasteiger partial charge in [-0.2, -0.15) is 15.8 Å². The molecule has 0 saturated heterocycles. The van der Waals surface area contributed by atoms with E-state index in [0.717, 1.165) is 11.1 Å². The molecule has 1 aromatic rings. The number of nitriles is 3. The van der Waals surface area contributed by atoms with E-state index >= 15 is 0 Å². The van der Waals surface area contributed by atoms with E-state index in [-0.39, 0.29) is 11.6 Å². The van der Waals surface area contributed by atoms with Gasteiger partial charge in [0.2, 0.25) is 0 Å². The predicted octanol–water partition coefficient (Wildman–Crippen LogP) is 3.59. The number of hydrogen-bond acceptors (Lipinski definition) is 5. The largest absolute Gasteiger partial charge is 0.305 e. The summed E-state index contributed by atoms with van der Waals surface area (Å²) in [7, 11) is 1.99. The molecule has 3 atom stereocenters. The monoisotopic (exact) mass is 357 g/mol. The fourth-order valence-corrected chi connectivity index (χ4v) is 4.42. The van der Waals surface area contributed by atoms with Crippen molar-refractivity contribution in [3.05, 3.63) is 47.0 Å². The Morgan fingerprint density at radius 1 is 1.15 bits per heavy atom. The van der Waals surface area contributed by atoms with E-state index in [9.17, 15) is 15.8 Å². The number of fused-ring (bicyclic) bond motifs is 1. The Labute approximate surface area is 160 Å². The molecule has 0 unspecified atom stereocenters. The van der Waals surface area contributed by atoms with Gasteiger partial charge in [-0.25, -0.2) is 0 Å². The topological polar surface area (TPSA) is 98.5 Å². The van der Waals surface area contributed by atoms with Crippen molar-refractivity contribution in [3.63, 3.8) is 0 Å². The lowest BCUT2D eigenvalue weighted by molar-refractivity contribution is 0.235. The molecular formula is C22H23N5. The smallest absolute Gasteiger partial charge is 0.189 e. The van der Waals surface area contributed by atoms with Crippen molar-refractivity contribution in [2.45, 2.75) is 25.7 Å². The molecular weight excluding hydrogens is 334 g/mol. The third-order valence-corrected chi connectivity index (χ3v) is 5.93. The highest BCUT2D eigenvalue weighted by atomic mass is 15.1. The normalized spacial score (nSPS) is 27.1. The fraction of sp³-hybridized carbons (Fsp3) is 0.455. The van der Waals surface area contributed by atoms with Gasteiger partial charge >= 0.3 is 0 Å². The summed E-state index contributed by atoms with van der Waals surface area (Å²) in [5, 5.41) is 38.3. The highest BCUT2D eigenvalue weighted by Crippen LogP contribution is 2.53. The van der Waals surface area contributed by atoms with Crippen LogP contribution in [0.1, 0.15) is 36.8 Å². The second kappa shape index (κ2) is 6.99. The van der Waals surface area contributed by atoms with Crippen LogP contribution in [-0.2, 0) is 0 Å². The summed E-state index contributed by atoms with van der Waals surface area (Å²) in [5.41, 5.74) is 1.25. The van der Waals surface area contributed by atoms with Crippen molar-refractivity contribution in [1.82, 2.24) is 4.90 Å². The molecule has 1 aliphatic heterocycles. The van der Waals surface area contributed by atoms with Crippen molar-refractivity contribution in [2.24, 2.45) is 17.3 Å². The average molecular weight is 357 g/mol. The summed E-state index contributed by atoms with van der Waals surface area (Å²) in [6.07, 6.45) is 2.00. The van der Waals surface area contributed by atoms with Crippen LogP contribution in [0.5, 0.6) is 0 Å². The molecule has 0 spiro atoms. The number of nitrogens with one attached hydrogen (secondary N) is 1. The molecule has 0 aromatic heterocycles. The van der Waals surface area contributed by atoms with Crippen LogP contribution in [0.3, 0.4) is 0 Å². The van der Waals surface area contributed by atoms with Gasteiger partial charge in [0.05, 0.1) is 23.9 Å². The number of hydrogen-bond donors (Lipinski definition) is 1. The van der Waals surface area contributed by atoms with Gasteiger partial charge in [0, 0.05) is 24.9 Å². The molecule has 1 fully saturated rings. The molecule has 27 heavy (non-hydrogen) atoms. The van der Waals surface area contributed by atoms with Gasteiger partial charge in [-0.05, 0) is 29.7 Å². The van der Waals surface area contributed by atoms with Crippen molar-refractivity contribution < 1.29 is 0 Å². The molecule has 1 saturated carbocycles. The molecule has 0 bridgehead atoms. The first kappa shape index (κ1) is 18.8. The number of rotatable bonds is 2. The van der Waals surface area contributed by atoms with E-state index in [1.54, 1.807) is 0 Å². The summed E-state index contributed by atoms with van der Waals surface area (Å²) in [6.45, 7) is 5.62. The van der Waals surface area contributed by atoms with E-state index in [0.29, 0.717) is 19.0 Å². The molecule has 0 amide bonds. The molecule has 1 heterocycles. The highest BCUT2D eigenvalue weighted by molar-refractivity contribution is 6.00. The third-order valence-electron chi connectivity index (χ3n) is 5.93. The molecule has 2 aliphatic rings. The highest BCUT2D eigenvalue weighted by Gasteiger charge is 2.57. The Balaban J connectivity index is 2.21. The maximum Gasteiger partial charge on any atom is 0.189 e. The lowest BCUT2D eigenvalue weighted by atomic mass is 9.54. The van der Waals surface area contributed by atoms with Crippen molar-refractivity contribution >= 4 is 5.71 Å². The van der Waals surface area contributed by atoms with Crippen LogP contribution in [0.2, 0.25) is 0 Å². The first-order valence-electron chi connectivity index (χ1n) is 9.19. The van der Waals surface area contributed by atoms with E-state index < -0.39 is 17.3 Å². The number of nitrogens with zero attached hydrogens (tertiary/aromatic N) is 4. The Bertz CT molecular complexity index is 890.